The summed E-state index contributed by atoms with van der Waals surface area (Å²) in [6.45, 7) is 6.14. The van der Waals surface area contributed by atoms with Gasteiger partial charge in [0.2, 0.25) is 0 Å². The van der Waals surface area contributed by atoms with Gasteiger partial charge in [-0.25, -0.2) is 4.98 Å². The Morgan fingerprint density at radius 2 is 1.82 bits per heavy atom. The summed E-state index contributed by atoms with van der Waals surface area (Å²) in [7, 11) is 0. The molecule has 5 rings (SSSR count). The number of para-hydroxylation sites is 2. The van der Waals surface area contributed by atoms with Crippen LogP contribution in [0.3, 0.4) is 0 Å². The van der Waals surface area contributed by atoms with Crippen molar-refractivity contribution in [3.05, 3.63) is 65.4 Å². The maximum atomic E-state index is 13.0. The smallest absolute Gasteiger partial charge is 0.275 e. The molecule has 0 bridgehead atoms. The Kier molecular flexibility index (Phi) is 7.03. The zero-order valence-corrected chi connectivity index (χ0v) is 20.0. The lowest BCUT2D eigenvalue weighted by atomic mass is 10.1. The van der Waals surface area contributed by atoms with Crippen LogP contribution in [0.15, 0.2) is 54.2 Å². The van der Waals surface area contributed by atoms with Crippen molar-refractivity contribution < 1.29 is 9.90 Å². The van der Waals surface area contributed by atoms with Gasteiger partial charge in [0.25, 0.3) is 5.91 Å². The lowest BCUT2D eigenvalue weighted by Crippen LogP contribution is -2.46. The normalized spacial score (nSPS) is 17.7. The number of piperidine rings is 1. The zero-order valence-electron chi connectivity index (χ0n) is 19.1. The largest absolute Gasteiger partial charge is 0.393 e. The van der Waals surface area contributed by atoms with Crippen molar-refractivity contribution >= 4 is 33.8 Å². The average molecular weight is 479 g/mol. The molecule has 9 heteroatoms. The molecule has 1 aromatic carbocycles. The number of thiazole rings is 1. The van der Waals surface area contributed by atoms with Crippen molar-refractivity contribution in [3.63, 3.8) is 0 Å². The van der Waals surface area contributed by atoms with E-state index in [1.165, 1.54) is 16.9 Å². The Morgan fingerprint density at radius 1 is 1.03 bits per heavy atom. The second kappa shape index (κ2) is 10.5. The minimum Gasteiger partial charge on any atom is -0.393 e. The van der Waals surface area contributed by atoms with Crippen LogP contribution in [0.4, 0.5) is 16.5 Å². The third-order valence-corrected chi connectivity index (χ3v) is 7.36. The molecular weight excluding hydrogens is 448 g/mol. The molecule has 0 atom stereocenters. The van der Waals surface area contributed by atoms with Gasteiger partial charge in [0.15, 0.2) is 5.13 Å². The minimum atomic E-state index is -0.233. The third-order valence-electron chi connectivity index (χ3n) is 6.45. The van der Waals surface area contributed by atoms with Crippen LogP contribution in [0.2, 0.25) is 0 Å². The van der Waals surface area contributed by atoms with Crippen molar-refractivity contribution in [2.24, 2.45) is 0 Å². The quantitative estimate of drug-likeness (QED) is 0.563. The van der Waals surface area contributed by atoms with E-state index in [-0.39, 0.29) is 12.0 Å². The summed E-state index contributed by atoms with van der Waals surface area (Å²) in [6, 6.07) is 11.9. The van der Waals surface area contributed by atoms with Gasteiger partial charge in [-0.1, -0.05) is 18.2 Å². The van der Waals surface area contributed by atoms with Gasteiger partial charge in [0, 0.05) is 63.6 Å². The van der Waals surface area contributed by atoms with Crippen LogP contribution in [0.5, 0.6) is 0 Å². The predicted octanol–water partition coefficient (Wildman–Crippen LogP) is 3.07. The molecule has 8 nitrogen and oxygen atoms in total. The second-order valence-electron chi connectivity index (χ2n) is 8.83. The molecule has 0 spiro atoms. The summed E-state index contributed by atoms with van der Waals surface area (Å²) >= 11 is 1.52. The first kappa shape index (κ1) is 22.8. The van der Waals surface area contributed by atoms with E-state index in [9.17, 15) is 9.90 Å². The first-order chi connectivity index (χ1) is 16.7. The number of carbonyl (C=O) groups excluding carboxylic acids is 1. The molecule has 178 valence electrons. The molecule has 4 heterocycles. The maximum Gasteiger partial charge on any atom is 0.275 e. The molecule has 34 heavy (non-hydrogen) atoms. The highest BCUT2D eigenvalue weighted by Crippen LogP contribution is 2.29. The summed E-state index contributed by atoms with van der Waals surface area (Å²) < 4.78 is 0. The molecule has 2 aliphatic heterocycles. The number of anilines is 3. The van der Waals surface area contributed by atoms with Crippen molar-refractivity contribution in [2.45, 2.75) is 25.5 Å². The second-order valence-corrected chi connectivity index (χ2v) is 9.67. The Bertz CT molecular complexity index is 1090. The summed E-state index contributed by atoms with van der Waals surface area (Å²) in [4.78, 5) is 28.7. The number of nitrogens with zero attached hydrogens (tertiary/aromatic N) is 5. The van der Waals surface area contributed by atoms with Crippen molar-refractivity contribution in [1.82, 2.24) is 14.9 Å². The van der Waals surface area contributed by atoms with Gasteiger partial charge in [-0.2, -0.15) is 0 Å². The fourth-order valence-corrected chi connectivity index (χ4v) is 5.37. The predicted molar refractivity (Wildman–Crippen MR) is 136 cm³/mol. The fraction of sp³-hybridized carbons (Fsp3) is 0.400. The molecule has 0 aliphatic carbocycles. The molecule has 3 aromatic rings. The number of rotatable bonds is 6. The average Bonchev–Trinajstić information content (AvgIpc) is 3.37. The van der Waals surface area contributed by atoms with Gasteiger partial charge < -0.3 is 20.2 Å². The molecule has 2 saturated heterocycles. The molecular formula is C25H30N6O2S. The number of aliphatic hydroxyl groups is 1. The van der Waals surface area contributed by atoms with Crippen molar-refractivity contribution in [3.8, 4) is 0 Å². The van der Waals surface area contributed by atoms with Crippen LogP contribution in [-0.4, -0.2) is 71.3 Å². The molecule has 2 aromatic heterocycles. The number of carbonyl (C=O) groups is 1. The van der Waals surface area contributed by atoms with E-state index in [4.69, 9.17) is 0 Å². The molecule has 2 fully saturated rings. The van der Waals surface area contributed by atoms with Gasteiger partial charge in [-0.05, 0) is 36.6 Å². The summed E-state index contributed by atoms with van der Waals surface area (Å²) in [5.41, 5.74) is 3.44. The van der Waals surface area contributed by atoms with E-state index in [1.54, 1.807) is 6.20 Å². The van der Waals surface area contributed by atoms with E-state index in [2.05, 4.69) is 36.1 Å². The van der Waals surface area contributed by atoms with Crippen LogP contribution in [0, 0.1) is 0 Å². The number of benzene rings is 1. The maximum absolute atomic E-state index is 13.0. The molecule has 0 radical (unpaired) electrons. The highest BCUT2D eigenvalue weighted by Gasteiger charge is 2.23. The Hall–Kier alpha value is -3.01. The molecule has 0 saturated carbocycles. The van der Waals surface area contributed by atoms with Crippen molar-refractivity contribution in [2.75, 3.05) is 54.4 Å². The van der Waals surface area contributed by atoms with Gasteiger partial charge in [-0.15, -0.1) is 11.3 Å². The summed E-state index contributed by atoms with van der Waals surface area (Å²) in [5.74, 6) is -0.192. The highest BCUT2D eigenvalue weighted by molar-refractivity contribution is 7.14. The van der Waals surface area contributed by atoms with E-state index in [0.717, 1.165) is 75.2 Å². The SMILES string of the molecule is O=C(Nc1ccccc1N1CCC(O)CC1)c1csc(N2CCN(Cc3cccnc3)CC2)n1. The number of aromatic nitrogens is 2. The highest BCUT2D eigenvalue weighted by atomic mass is 32.1. The zero-order chi connectivity index (χ0) is 23.3. The number of amides is 1. The molecule has 0 unspecified atom stereocenters. The Morgan fingerprint density at radius 3 is 2.59 bits per heavy atom. The van der Waals surface area contributed by atoms with Crippen molar-refractivity contribution in [1.29, 1.82) is 0 Å². The van der Waals surface area contributed by atoms with Crippen LogP contribution >= 0.6 is 11.3 Å². The third kappa shape index (κ3) is 5.38. The van der Waals surface area contributed by atoms with E-state index < -0.39 is 0 Å². The van der Waals surface area contributed by atoms with Gasteiger partial charge in [0.05, 0.1) is 17.5 Å². The number of hydrogen-bond acceptors (Lipinski definition) is 8. The van der Waals surface area contributed by atoms with Gasteiger partial charge >= 0.3 is 0 Å². The van der Waals surface area contributed by atoms with E-state index >= 15 is 0 Å². The number of pyridine rings is 1. The van der Waals surface area contributed by atoms with E-state index in [0.29, 0.717) is 5.69 Å². The topological polar surface area (TPSA) is 84.8 Å². The first-order valence-electron chi connectivity index (χ1n) is 11.8. The number of hydrogen-bond donors (Lipinski definition) is 2. The molecule has 2 aliphatic rings. The molecule has 1 amide bonds. The number of piperazine rings is 1. The fourth-order valence-electron chi connectivity index (χ4n) is 4.51. The number of nitrogens with one attached hydrogen (secondary N) is 1. The lowest BCUT2D eigenvalue weighted by Gasteiger charge is -2.34. The summed E-state index contributed by atoms with van der Waals surface area (Å²) in [5, 5.41) is 15.6. The molecule has 2 N–H and O–H groups in total. The first-order valence-corrected chi connectivity index (χ1v) is 12.7. The monoisotopic (exact) mass is 478 g/mol. The lowest BCUT2D eigenvalue weighted by molar-refractivity contribution is 0.102. The number of aliphatic hydroxyl groups excluding tert-OH is 1. The summed E-state index contributed by atoms with van der Waals surface area (Å²) in [6.07, 6.45) is 4.98. The van der Waals surface area contributed by atoms with Gasteiger partial charge in [0.1, 0.15) is 5.69 Å². The Labute approximate surface area is 203 Å². The van der Waals surface area contributed by atoms with Crippen LogP contribution in [0.1, 0.15) is 28.9 Å². The standard InChI is InChI=1S/C25H30N6O2S/c32-20-7-10-30(11-8-20)23-6-2-1-5-21(23)27-24(33)22-18-34-25(28-22)31-14-12-29(13-15-31)17-19-4-3-9-26-16-19/h1-6,9,16,18,20,32H,7-8,10-15,17H2,(H,27,33). The van der Waals surface area contributed by atoms with Crippen LogP contribution in [0.25, 0.3) is 0 Å². The minimum absolute atomic E-state index is 0.192. The van der Waals surface area contributed by atoms with Crippen LogP contribution in [-0.2, 0) is 6.54 Å². The van der Waals surface area contributed by atoms with Crippen LogP contribution < -0.4 is 15.1 Å². The van der Waals surface area contributed by atoms with E-state index in [1.807, 2.05) is 41.9 Å². The Balaban J connectivity index is 1.18. The van der Waals surface area contributed by atoms with Gasteiger partial charge in [-0.3, -0.25) is 14.7 Å².